The maximum absolute atomic E-state index is 12.0. The van der Waals surface area contributed by atoms with E-state index < -0.39 is 12.0 Å². The molecule has 6 nitrogen and oxygen atoms in total. The average Bonchev–Trinajstić information content (AvgIpc) is 2.73. The number of aryl methyl sites for hydroxylation is 1. The van der Waals surface area contributed by atoms with Gasteiger partial charge >= 0.3 is 0 Å². The fourth-order valence-corrected chi connectivity index (χ4v) is 3.42. The number of carbonyl (C=O) groups excluding carboxylic acids is 2. The lowest BCUT2D eigenvalue weighted by molar-refractivity contribution is 0.0932. The smallest absolute Gasteiger partial charge is 0.248 e. The molecule has 6 heteroatoms. The zero-order valence-corrected chi connectivity index (χ0v) is 15.9. The molecule has 0 bridgehead atoms. The standard InChI is InChI=1S/C23H20N2O4/c1-14-12-16(23(24)27)2-4-18(14)22(15-6-9-25-10-7-15)29-17-3-5-19-20(26)8-11-28-21(19)13-17/h2-7,9-10,12-13,22H,8,11H2,1H3,(H2,24,27)/t22-/m1/s1. The van der Waals surface area contributed by atoms with Crippen molar-refractivity contribution >= 4 is 11.7 Å². The van der Waals surface area contributed by atoms with Crippen LogP contribution in [-0.2, 0) is 0 Å². The molecule has 1 atom stereocenters. The second-order valence-electron chi connectivity index (χ2n) is 6.89. The van der Waals surface area contributed by atoms with Gasteiger partial charge in [-0.05, 0) is 60.0 Å². The van der Waals surface area contributed by atoms with Crippen LogP contribution in [0.15, 0.2) is 60.9 Å². The third-order valence-corrected chi connectivity index (χ3v) is 4.94. The van der Waals surface area contributed by atoms with Crippen LogP contribution in [0.3, 0.4) is 0 Å². The number of hydrogen-bond donors (Lipinski definition) is 1. The highest BCUT2D eigenvalue weighted by Gasteiger charge is 2.22. The van der Waals surface area contributed by atoms with Crippen LogP contribution in [0.5, 0.6) is 11.5 Å². The van der Waals surface area contributed by atoms with Crippen LogP contribution < -0.4 is 15.2 Å². The first-order chi connectivity index (χ1) is 14.0. The molecular weight excluding hydrogens is 368 g/mol. The van der Waals surface area contributed by atoms with Gasteiger partial charge in [-0.2, -0.15) is 0 Å². The van der Waals surface area contributed by atoms with Crippen molar-refractivity contribution < 1.29 is 19.1 Å². The first-order valence-electron chi connectivity index (χ1n) is 9.30. The van der Waals surface area contributed by atoms with E-state index in [4.69, 9.17) is 15.2 Å². The van der Waals surface area contributed by atoms with Gasteiger partial charge < -0.3 is 15.2 Å². The molecule has 0 saturated heterocycles. The van der Waals surface area contributed by atoms with Gasteiger partial charge in [-0.3, -0.25) is 14.6 Å². The molecule has 0 unspecified atom stereocenters. The highest BCUT2D eigenvalue weighted by molar-refractivity contribution is 5.99. The second kappa shape index (κ2) is 7.75. The Morgan fingerprint density at radius 2 is 1.93 bits per heavy atom. The van der Waals surface area contributed by atoms with Gasteiger partial charge in [-0.15, -0.1) is 0 Å². The van der Waals surface area contributed by atoms with E-state index in [2.05, 4.69) is 4.98 Å². The molecule has 1 aliphatic heterocycles. The topological polar surface area (TPSA) is 91.5 Å². The van der Waals surface area contributed by atoms with Crippen LogP contribution in [-0.4, -0.2) is 23.3 Å². The van der Waals surface area contributed by atoms with Gasteiger partial charge in [0.25, 0.3) is 0 Å². The number of ketones is 1. The van der Waals surface area contributed by atoms with Gasteiger partial charge in [-0.25, -0.2) is 0 Å². The third-order valence-electron chi connectivity index (χ3n) is 4.94. The molecule has 2 heterocycles. The van der Waals surface area contributed by atoms with Crippen LogP contribution in [0.2, 0.25) is 0 Å². The summed E-state index contributed by atoms with van der Waals surface area (Å²) in [6.45, 7) is 2.28. The molecule has 29 heavy (non-hydrogen) atoms. The number of primary amides is 1. The van der Waals surface area contributed by atoms with Crippen LogP contribution in [0.25, 0.3) is 0 Å². The number of ether oxygens (including phenoxy) is 2. The Balaban J connectivity index is 1.73. The lowest BCUT2D eigenvalue weighted by atomic mass is 9.96. The molecule has 2 N–H and O–H groups in total. The van der Waals surface area contributed by atoms with Crippen molar-refractivity contribution in [2.75, 3.05) is 6.61 Å². The van der Waals surface area contributed by atoms with E-state index in [0.717, 1.165) is 16.7 Å². The number of benzene rings is 2. The van der Waals surface area contributed by atoms with E-state index in [1.807, 2.05) is 25.1 Å². The zero-order valence-electron chi connectivity index (χ0n) is 15.9. The molecule has 146 valence electrons. The Hall–Kier alpha value is -3.67. The average molecular weight is 388 g/mol. The first kappa shape index (κ1) is 18.7. The number of Topliss-reactive ketones (excluding diaryl/α,β-unsaturated/α-hetero) is 1. The summed E-state index contributed by atoms with van der Waals surface area (Å²) in [4.78, 5) is 27.6. The molecule has 0 aliphatic carbocycles. The van der Waals surface area contributed by atoms with Crippen LogP contribution in [0.4, 0.5) is 0 Å². The normalized spacial score (nSPS) is 13.9. The van der Waals surface area contributed by atoms with Crippen molar-refractivity contribution in [1.82, 2.24) is 4.98 Å². The van der Waals surface area contributed by atoms with Gasteiger partial charge in [0.05, 0.1) is 12.2 Å². The number of aromatic nitrogens is 1. The van der Waals surface area contributed by atoms with Gasteiger partial charge in [-0.1, -0.05) is 6.07 Å². The predicted octanol–water partition coefficient (Wildman–Crippen LogP) is 3.62. The molecule has 0 radical (unpaired) electrons. The predicted molar refractivity (Wildman–Crippen MR) is 107 cm³/mol. The molecule has 1 amide bonds. The van der Waals surface area contributed by atoms with Crippen molar-refractivity contribution in [3.63, 3.8) is 0 Å². The Kier molecular flexibility index (Phi) is 4.99. The van der Waals surface area contributed by atoms with Crippen molar-refractivity contribution in [2.24, 2.45) is 5.73 Å². The van der Waals surface area contributed by atoms with Crippen molar-refractivity contribution in [3.05, 3.63) is 88.7 Å². The summed E-state index contributed by atoms with van der Waals surface area (Å²) in [7, 11) is 0. The number of nitrogens with two attached hydrogens (primary N) is 1. The summed E-state index contributed by atoms with van der Waals surface area (Å²) in [5.41, 5.74) is 9.11. The first-order valence-corrected chi connectivity index (χ1v) is 9.30. The van der Waals surface area contributed by atoms with Crippen LogP contribution in [0, 0.1) is 6.92 Å². The Morgan fingerprint density at radius 3 is 2.66 bits per heavy atom. The van der Waals surface area contributed by atoms with E-state index in [9.17, 15) is 9.59 Å². The molecular formula is C23H20N2O4. The highest BCUT2D eigenvalue weighted by atomic mass is 16.5. The number of amides is 1. The van der Waals surface area contributed by atoms with Crippen molar-refractivity contribution in [1.29, 1.82) is 0 Å². The molecule has 4 rings (SSSR count). The van der Waals surface area contributed by atoms with E-state index in [0.29, 0.717) is 35.7 Å². The molecule has 0 spiro atoms. The lowest BCUT2D eigenvalue weighted by Crippen LogP contribution is -2.16. The maximum atomic E-state index is 12.0. The summed E-state index contributed by atoms with van der Waals surface area (Å²) < 4.78 is 12.0. The number of hydrogen-bond acceptors (Lipinski definition) is 5. The molecule has 1 aliphatic rings. The number of rotatable bonds is 5. The molecule has 0 saturated carbocycles. The zero-order chi connectivity index (χ0) is 20.4. The van der Waals surface area contributed by atoms with E-state index >= 15 is 0 Å². The minimum Gasteiger partial charge on any atom is -0.492 e. The molecule has 1 aromatic heterocycles. The minimum absolute atomic E-state index is 0.0707. The monoisotopic (exact) mass is 388 g/mol. The third kappa shape index (κ3) is 3.82. The number of fused-ring (bicyclic) bond motifs is 1. The van der Waals surface area contributed by atoms with Gasteiger partial charge in [0, 0.05) is 30.4 Å². The Morgan fingerprint density at radius 1 is 1.14 bits per heavy atom. The Labute approximate surface area is 168 Å². The summed E-state index contributed by atoms with van der Waals surface area (Å²) in [5, 5.41) is 0. The summed E-state index contributed by atoms with van der Waals surface area (Å²) in [5.74, 6) is 0.713. The van der Waals surface area contributed by atoms with E-state index in [1.54, 1.807) is 42.7 Å². The quantitative estimate of drug-likeness (QED) is 0.721. The summed E-state index contributed by atoms with van der Waals surface area (Å²) >= 11 is 0. The fourth-order valence-electron chi connectivity index (χ4n) is 3.42. The lowest BCUT2D eigenvalue weighted by Gasteiger charge is -2.23. The Bertz CT molecular complexity index is 1080. The van der Waals surface area contributed by atoms with Gasteiger partial charge in [0.1, 0.15) is 17.6 Å². The summed E-state index contributed by atoms with van der Waals surface area (Å²) in [6.07, 6.45) is 3.36. The van der Waals surface area contributed by atoms with Crippen LogP contribution in [0.1, 0.15) is 49.9 Å². The van der Waals surface area contributed by atoms with E-state index in [1.165, 1.54) is 0 Å². The van der Waals surface area contributed by atoms with Crippen LogP contribution >= 0.6 is 0 Å². The van der Waals surface area contributed by atoms with Gasteiger partial charge in [0.15, 0.2) is 5.78 Å². The number of nitrogens with zero attached hydrogens (tertiary/aromatic N) is 1. The maximum Gasteiger partial charge on any atom is 0.248 e. The van der Waals surface area contributed by atoms with Crippen molar-refractivity contribution in [2.45, 2.75) is 19.4 Å². The largest absolute Gasteiger partial charge is 0.492 e. The molecule has 0 fully saturated rings. The number of carbonyl (C=O) groups is 2. The minimum atomic E-state index is -0.475. The SMILES string of the molecule is Cc1cc(C(N)=O)ccc1[C@H](Oc1ccc2c(c1)OCCC2=O)c1ccncc1. The highest BCUT2D eigenvalue weighted by Crippen LogP contribution is 2.34. The fraction of sp³-hybridized carbons (Fsp3) is 0.174. The second-order valence-corrected chi connectivity index (χ2v) is 6.89. The van der Waals surface area contributed by atoms with Crippen molar-refractivity contribution in [3.8, 4) is 11.5 Å². The molecule has 3 aromatic rings. The number of pyridine rings is 1. The van der Waals surface area contributed by atoms with E-state index in [-0.39, 0.29) is 5.78 Å². The molecule has 2 aromatic carbocycles. The van der Waals surface area contributed by atoms with Gasteiger partial charge in [0.2, 0.25) is 5.91 Å². The summed E-state index contributed by atoms with van der Waals surface area (Å²) in [6, 6.07) is 14.3.